The second kappa shape index (κ2) is 4.99. The second-order valence-electron chi connectivity index (χ2n) is 4.12. The highest BCUT2D eigenvalue weighted by Gasteiger charge is 2.23. The Morgan fingerprint density at radius 2 is 2.24 bits per heavy atom. The van der Waals surface area contributed by atoms with Gasteiger partial charge in [0.15, 0.2) is 0 Å². The molecule has 1 aromatic rings. The Hall–Kier alpha value is -1.84. The summed E-state index contributed by atoms with van der Waals surface area (Å²) < 4.78 is 10.2. The Bertz CT molecular complexity index is 435. The van der Waals surface area contributed by atoms with Crippen LogP contribution in [0.5, 0.6) is 5.75 Å². The summed E-state index contributed by atoms with van der Waals surface area (Å²) in [6, 6.07) is 4.75. The molecule has 17 heavy (non-hydrogen) atoms. The van der Waals surface area contributed by atoms with Crippen LogP contribution in [-0.2, 0) is 4.74 Å². The quantitative estimate of drug-likeness (QED) is 0.578. The summed E-state index contributed by atoms with van der Waals surface area (Å²) in [6.45, 7) is 0.616. The third-order valence-corrected chi connectivity index (χ3v) is 2.72. The second-order valence-corrected chi connectivity index (χ2v) is 4.12. The summed E-state index contributed by atoms with van der Waals surface area (Å²) in [4.78, 5) is 22.2. The van der Waals surface area contributed by atoms with Crippen LogP contribution in [0.2, 0.25) is 0 Å². The van der Waals surface area contributed by atoms with Crippen LogP contribution in [0.15, 0.2) is 18.2 Å². The van der Waals surface area contributed by atoms with Crippen molar-refractivity contribution in [3.63, 3.8) is 0 Å². The van der Waals surface area contributed by atoms with Gasteiger partial charge in [0.2, 0.25) is 0 Å². The highest BCUT2D eigenvalue weighted by Crippen LogP contribution is 2.30. The van der Waals surface area contributed by atoms with E-state index in [1.807, 2.05) is 0 Å². The lowest BCUT2D eigenvalue weighted by atomic mass is 10.1. The zero-order valence-electron chi connectivity index (χ0n) is 9.64. The van der Waals surface area contributed by atoms with Crippen molar-refractivity contribution in [3.05, 3.63) is 29.3 Å². The van der Waals surface area contributed by atoms with Crippen LogP contribution >= 0.6 is 0 Å². The average Bonchev–Trinajstić information content (AvgIpc) is 3.19. The van der Waals surface area contributed by atoms with Crippen LogP contribution in [0.3, 0.4) is 0 Å². The Balaban J connectivity index is 2.21. The number of esters is 1. The molecule has 0 bridgehead atoms. The van der Waals surface area contributed by atoms with Crippen LogP contribution < -0.4 is 4.74 Å². The summed E-state index contributed by atoms with van der Waals surface area (Å²) >= 11 is 0. The van der Waals surface area contributed by atoms with Crippen molar-refractivity contribution in [2.75, 3.05) is 13.7 Å². The molecular weight excluding hydrogens is 220 g/mol. The maximum absolute atomic E-state index is 11.5. The van der Waals surface area contributed by atoms with Crippen LogP contribution in [0.1, 0.15) is 33.6 Å². The van der Waals surface area contributed by atoms with Crippen molar-refractivity contribution in [2.45, 2.75) is 12.8 Å². The van der Waals surface area contributed by atoms with Gasteiger partial charge in [0.05, 0.1) is 13.7 Å². The number of carbonyl (C=O) groups is 2. The van der Waals surface area contributed by atoms with E-state index in [0.717, 1.165) is 0 Å². The average molecular weight is 234 g/mol. The number of rotatable bonds is 5. The van der Waals surface area contributed by atoms with Crippen molar-refractivity contribution >= 4 is 12.3 Å². The maximum Gasteiger partial charge on any atom is 0.341 e. The molecule has 1 aliphatic rings. The molecule has 4 heteroatoms. The van der Waals surface area contributed by atoms with E-state index in [4.69, 9.17) is 4.74 Å². The molecule has 1 aromatic carbocycles. The third kappa shape index (κ3) is 2.84. The number of methoxy groups -OCH3 is 1. The minimum atomic E-state index is -0.487. The Kier molecular flexibility index (Phi) is 3.42. The zero-order chi connectivity index (χ0) is 12.3. The van der Waals surface area contributed by atoms with Crippen LogP contribution in [0.4, 0.5) is 0 Å². The van der Waals surface area contributed by atoms with Crippen molar-refractivity contribution in [2.24, 2.45) is 5.92 Å². The minimum Gasteiger partial charge on any atom is -0.492 e. The summed E-state index contributed by atoms with van der Waals surface area (Å²) in [5.74, 6) is 0.597. The zero-order valence-corrected chi connectivity index (χ0v) is 9.64. The fraction of sp³-hybridized carbons (Fsp3) is 0.385. The molecule has 1 fully saturated rings. The van der Waals surface area contributed by atoms with Gasteiger partial charge in [0.1, 0.15) is 17.6 Å². The van der Waals surface area contributed by atoms with E-state index in [-0.39, 0.29) is 0 Å². The Morgan fingerprint density at radius 3 is 2.82 bits per heavy atom. The van der Waals surface area contributed by atoms with Crippen LogP contribution in [-0.4, -0.2) is 26.0 Å². The number of hydrogen-bond donors (Lipinski definition) is 0. The molecule has 0 saturated heterocycles. The molecule has 1 saturated carbocycles. The lowest BCUT2D eigenvalue weighted by molar-refractivity contribution is 0.0595. The molecule has 0 aliphatic heterocycles. The number of aldehydes is 1. The summed E-state index contributed by atoms with van der Waals surface area (Å²) in [5, 5.41) is 0. The standard InChI is InChI=1S/C13H14O4/c1-16-13(15)11-6-10(7-14)4-5-12(11)17-8-9-2-3-9/h4-7,9H,2-3,8H2,1H3. The van der Waals surface area contributed by atoms with E-state index in [1.165, 1.54) is 26.0 Å². The molecule has 0 N–H and O–H groups in total. The van der Waals surface area contributed by atoms with E-state index in [1.54, 1.807) is 12.1 Å². The normalized spacial score (nSPS) is 14.2. The smallest absolute Gasteiger partial charge is 0.341 e. The predicted molar refractivity (Wildman–Crippen MR) is 61.4 cm³/mol. The van der Waals surface area contributed by atoms with Gasteiger partial charge in [0, 0.05) is 5.56 Å². The topological polar surface area (TPSA) is 52.6 Å². The Morgan fingerprint density at radius 1 is 1.47 bits per heavy atom. The largest absolute Gasteiger partial charge is 0.492 e. The number of benzene rings is 1. The fourth-order valence-corrected chi connectivity index (χ4v) is 1.51. The summed E-state index contributed by atoms with van der Waals surface area (Å²) in [6.07, 6.45) is 3.05. The van der Waals surface area contributed by atoms with Gasteiger partial charge in [-0.1, -0.05) is 0 Å². The van der Waals surface area contributed by atoms with Gasteiger partial charge < -0.3 is 9.47 Å². The van der Waals surface area contributed by atoms with Crippen molar-refractivity contribution in [3.8, 4) is 5.75 Å². The van der Waals surface area contributed by atoms with Gasteiger partial charge in [-0.3, -0.25) is 4.79 Å². The van der Waals surface area contributed by atoms with Gasteiger partial charge in [-0.05, 0) is 37.0 Å². The molecule has 0 aromatic heterocycles. The molecule has 0 atom stereocenters. The van der Waals surface area contributed by atoms with Gasteiger partial charge in [0.25, 0.3) is 0 Å². The molecule has 4 nitrogen and oxygen atoms in total. The van der Waals surface area contributed by atoms with Gasteiger partial charge in [-0.15, -0.1) is 0 Å². The third-order valence-electron chi connectivity index (χ3n) is 2.72. The highest BCUT2D eigenvalue weighted by molar-refractivity contribution is 5.94. The van der Waals surface area contributed by atoms with Crippen molar-refractivity contribution < 1.29 is 19.1 Å². The van der Waals surface area contributed by atoms with Crippen LogP contribution in [0.25, 0.3) is 0 Å². The molecule has 2 rings (SSSR count). The first kappa shape index (κ1) is 11.6. The molecule has 0 amide bonds. The number of carbonyl (C=O) groups excluding carboxylic acids is 2. The van der Waals surface area contributed by atoms with E-state index < -0.39 is 5.97 Å². The monoisotopic (exact) mass is 234 g/mol. The molecule has 1 aliphatic carbocycles. The predicted octanol–water partition coefficient (Wildman–Crippen LogP) is 2.07. The molecule has 0 radical (unpaired) electrons. The summed E-state index contributed by atoms with van der Waals surface area (Å²) in [7, 11) is 1.31. The molecule has 0 heterocycles. The Labute approximate surface area is 99.5 Å². The number of ether oxygens (including phenoxy) is 2. The summed E-state index contributed by atoms with van der Waals surface area (Å²) in [5.41, 5.74) is 0.738. The number of hydrogen-bond acceptors (Lipinski definition) is 4. The first-order chi connectivity index (χ1) is 8.24. The van der Waals surface area contributed by atoms with Crippen molar-refractivity contribution in [1.82, 2.24) is 0 Å². The van der Waals surface area contributed by atoms with E-state index in [9.17, 15) is 9.59 Å². The van der Waals surface area contributed by atoms with Gasteiger partial charge >= 0.3 is 5.97 Å². The van der Waals surface area contributed by atoms with Gasteiger partial charge in [-0.2, -0.15) is 0 Å². The minimum absolute atomic E-state index is 0.303. The highest BCUT2D eigenvalue weighted by atomic mass is 16.5. The first-order valence-electron chi connectivity index (χ1n) is 5.55. The molecule has 0 unspecified atom stereocenters. The first-order valence-corrected chi connectivity index (χ1v) is 5.55. The van der Waals surface area contributed by atoms with E-state index in [2.05, 4.69) is 4.74 Å². The molecule has 0 spiro atoms. The lowest BCUT2D eigenvalue weighted by Crippen LogP contribution is -2.08. The maximum atomic E-state index is 11.5. The van der Waals surface area contributed by atoms with E-state index in [0.29, 0.717) is 35.7 Å². The van der Waals surface area contributed by atoms with Crippen LogP contribution in [0, 0.1) is 5.92 Å². The van der Waals surface area contributed by atoms with E-state index >= 15 is 0 Å². The lowest BCUT2D eigenvalue weighted by Gasteiger charge is -2.10. The SMILES string of the molecule is COC(=O)c1cc(C=O)ccc1OCC1CC1. The van der Waals surface area contributed by atoms with Crippen molar-refractivity contribution in [1.29, 1.82) is 0 Å². The molecule has 90 valence electrons. The molecular formula is C13H14O4. The van der Waals surface area contributed by atoms with Gasteiger partial charge in [-0.25, -0.2) is 4.79 Å². The fourth-order valence-electron chi connectivity index (χ4n) is 1.51.